The molecule has 40 heavy (non-hydrogen) atoms. The lowest BCUT2D eigenvalue weighted by atomic mass is 9.36. The Morgan fingerprint density at radius 1 is 0.900 bits per heavy atom. The molecule has 0 nitrogen and oxygen atoms in total. The van der Waals surface area contributed by atoms with Crippen LogP contribution in [0, 0.1) is 56.2 Å². The van der Waals surface area contributed by atoms with Crippen LogP contribution in [0.1, 0.15) is 134 Å². The van der Waals surface area contributed by atoms with E-state index < -0.39 is 0 Å². The highest BCUT2D eigenvalue weighted by molar-refractivity contribution is 5.52. The van der Waals surface area contributed by atoms with Crippen molar-refractivity contribution in [2.75, 3.05) is 0 Å². The molecule has 0 saturated heterocycles. The molecule has 0 bridgehead atoms. The largest absolute Gasteiger partial charge is 0.100 e. The Balaban J connectivity index is 1.88. The summed E-state index contributed by atoms with van der Waals surface area (Å²) >= 11 is 0. The van der Waals surface area contributed by atoms with Crippen LogP contribution < -0.4 is 0 Å². The summed E-state index contributed by atoms with van der Waals surface area (Å²) in [6, 6.07) is 0. The van der Waals surface area contributed by atoms with E-state index in [1.807, 2.05) is 0 Å². The third-order valence-electron chi connectivity index (χ3n) is 15.2. The summed E-state index contributed by atoms with van der Waals surface area (Å²) in [4.78, 5) is 0. The topological polar surface area (TPSA) is 0 Å². The van der Waals surface area contributed by atoms with Gasteiger partial charge in [0, 0.05) is 5.41 Å². The second kappa shape index (κ2) is 9.88. The molecule has 8 atom stereocenters. The van der Waals surface area contributed by atoms with Gasteiger partial charge < -0.3 is 0 Å². The first-order valence-corrected chi connectivity index (χ1v) is 16.6. The van der Waals surface area contributed by atoms with E-state index in [9.17, 15) is 0 Å². The van der Waals surface area contributed by atoms with Gasteiger partial charge in [0.2, 0.25) is 0 Å². The molecular weight excluding hydrogens is 480 g/mol. The molecule has 2 fully saturated rings. The van der Waals surface area contributed by atoms with Crippen LogP contribution in [-0.4, -0.2) is 0 Å². The van der Waals surface area contributed by atoms with Gasteiger partial charge in [-0.2, -0.15) is 0 Å². The lowest BCUT2D eigenvalue weighted by Crippen LogP contribution is -2.59. The summed E-state index contributed by atoms with van der Waals surface area (Å²) in [5.74, 6) is 2.41. The standard InChI is InChI=1S/C40H64/c1-26(2)24-31-25-37(12,32(28(5)6)17-16-29(7)27(3)4)39(14)23-19-33-34(40(31,39)15)20-22-38(13)35(9,10)30(8)18-21-36(33,38)11/h19-20,27,30-32H,1,5,7,16-18,21-25H2,2-4,6,8-15H3/t30-,31-,32?,36+,37+,38-,39+,40-/m0/s1. The van der Waals surface area contributed by atoms with Crippen LogP contribution in [0.3, 0.4) is 0 Å². The first-order valence-electron chi connectivity index (χ1n) is 16.6. The Labute approximate surface area is 250 Å². The normalized spacial score (nSPS) is 42.7. The molecule has 0 amide bonds. The highest BCUT2D eigenvalue weighted by Gasteiger charge is 2.71. The molecule has 0 aromatic carbocycles. The van der Waals surface area contributed by atoms with Crippen LogP contribution in [0.2, 0.25) is 0 Å². The third kappa shape index (κ3) is 3.96. The Hall–Kier alpha value is -1.30. The van der Waals surface area contributed by atoms with Gasteiger partial charge >= 0.3 is 0 Å². The number of allylic oxidation sites excluding steroid dienone is 7. The molecule has 0 spiro atoms. The van der Waals surface area contributed by atoms with E-state index in [0.29, 0.717) is 23.2 Å². The fourth-order valence-electron chi connectivity index (χ4n) is 11.1. The van der Waals surface area contributed by atoms with Gasteiger partial charge in [-0.1, -0.05) is 111 Å². The van der Waals surface area contributed by atoms with Crippen molar-refractivity contribution in [1.82, 2.24) is 0 Å². The zero-order valence-electron chi connectivity index (χ0n) is 28.7. The van der Waals surface area contributed by atoms with E-state index in [4.69, 9.17) is 0 Å². The molecule has 0 radical (unpaired) electrons. The molecule has 224 valence electrons. The van der Waals surface area contributed by atoms with Crippen molar-refractivity contribution in [3.63, 3.8) is 0 Å². The van der Waals surface area contributed by atoms with Gasteiger partial charge in [0.1, 0.15) is 0 Å². The quantitative estimate of drug-likeness (QED) is 0.267. The molecule has 1 unspecified atom stereocenters. The zero-order valence-corrected chi connectivity index (χ0v) is 28.7. The molecule has 2 saturated carbocycles. The van der Waals surface area contributed by atoms with Gasteiger partial charge in [-0.25, -0.2) is 0 Å². The minimum Gasteiger partial charge on any atom is -0.100 e. The average Bonchev–Trinajstić information content (AvgIpc) is 3.01. The lowest BCUT2D eigenvalue weighted by molar-refractivity contribution is -0.111. The predicted octanol–water partition coefficient (Wildman–Crippen LogP) is 12.3. The number of rotatable bonds is 8. The molecule has 4 aliphatic carbocycles. The van der Waals surface area contributed by atoms with E-state index >= 15 is 0 Å². The van der Waals surface area contributed by atoms with Gasteiger partial charge in [0.25, 0.3) is 0 Å². The maximum absolute atomic E-state index is 4.65. The van der Waals surface area contributed by atoms with Gasteiger partial charge in [-0.05, 0) is 127 Å². The summed E-state index contributed by atoms with van der Waals surface area (Å²) < 4.78 is 0. The van der Waals surface area contributed by atoms with Crippen LogP contribution in [0.4, 0.5) is 0 Å². The SMILES string of the molecule is C=C(C)C[C@H]1C[C@](C)(C(CCC(=C)C(C)C)C(=C)C)[C@@]2(C)CC=C3C(=CC[C@@]4(C)C(C)(C)[C@@H](C)CC[C@]34C)[C@]12C. The zero-order chi connectivity index (χ0) is 30.3. The monoisotopic (exact) mass is 545 g/mol. The van der Waals surface area contributed by atoms with E-state index in [0.717, 1.165) is 18.8 Å². The Kier molecular flexibility index (Phi) is 7.81. The van der Waals surface area contributed by atoms with Gasteiger partial charge in [0.15, 0.2) is 0 Å². The Morgan fingerprint density at radius 3 is 2.02 bits per heavy atom. The molecule has 4 rings (SSSR count). The maximum atomic E-state index is 4.65. The fourth-order valence-corrected chi connectivity index (χ4v) is 11.1. The van der Waals surface area contributed by atoms with E-state index in [1.165, 1.54) is 55.2 Å². The maximum Gasteiger partial charge on any atom is 0.00180 e. The van der Waals surface area contributed by atoms with Crippen molar-refractivity contribution in [2.24, 2.45) is 56.2 Å². The molecule has 0 aromatic heterocycles. The third-order valence-corrected chi connectivity index (χ3v) is 15.2. The smallest absolute Gasteiger partial charge is 0.00180 e. The van der Waals surface area contributed by atoms with Crippen molar-refractivity contribution in [1.29, 1.82) is 0 Å². The van der Waals surface area contributed by atoms with Gasteiger partial charge in [-0.15, -0.1) is 6.58 Å². The number of hydrogen-bond donors (Lipinski definition) is 0. The lowest BCUT2D eigenvalue weighted by Gasteiger charge is -2.67. The molecule has 0 aromatic rings. The van der Waals surface area contributed by atoms with E-state index in [1.54, 1.807) is 11.1 Å². The van der Waals surface area contributed by atoms with Crippen molar-refractivity contribution in [2.45, 2.75) is 134 Å². The van der Waals surface area contributed by atoms with Crippen LogP contribution in [-0.2, 0) is 0 Å². The molecular formula is C40H64. The van der Waals surface area contributed by atoms with Crippen LogP contribution in [0.15, 0.2) is 59.8 Å². The van der Waals surface area contributed by atoms with Crippen molar-refractivity contribution >= 4 is 0 Å². The summed E-state index contributed by atoms with van der Waals surface area (Å²) in [7, 11) is 0. The highest BCUT2D eigenvalue weighted by Crippen LogP contribution is 2.79. The first-order chi connectivity index (χ1) is 18.2. The second-order valence-electron chi connectivity index (χ2n) is 17.2. The molecule has 0 N–H and O–H groups in total. The number of fused-ring (bicyclic) bond motifs is 5. The van der Waals surface area contributed by atoms with Gasteiger partial charge in [-0.3, -0.25) is 0 Å². The molecule has 0 aliphatic heterocycles. The first kappa shape index (κ1) is 31.6. The van der Waals surface area contributed by atoms with Crippen molar-refractivity contribution in [3.8, 4) is 0 Å². The average molecular weight is 545 g/mol. The Bertz CT molecular complexity index is 1140. The predicted molar refractivity (Wildman–Crippen MR) is 177 cm³/mol. The second-order valence-corrected chi connectivity index (χ2v) is 17.2. The van der Waals surface area contributed by atoms with Gasteiger partial charge in [0.05, 0.1) is 0 Å². The van der Waals surface area contributed by atoms with Crippen LogP contribution >= 0.6 is 0 Å². The number of hydrogen-bond acceptors (Lipinski definition) is 0. The molecule has 0 heteroatoms. The summed E-state index contributed by atoms with van der Waals surface area (Å²) in [6.07, 6.45) is 15.2. The fraction of sp³-hybridized carbons (Fsp3) is 0.750. The van der Waals surface area contributed by atoms with Crippen molar-refractivity contribution in [3.05, 3.63) is 59.8 Å². The minimum atomic E-state index is 0.130. The minimum absolute atomic E-state index is 0.130. The van der Waals surface area contributed by atoms with E-state index in [2.05, 4.69) is 115 Å². The summed E-state index contributed by atoms with van der Waals surface area (Å²) in [5, 5.41) is 0. The van der Waals surface area contributed by atoms with Crippen LogP contribution in [0.5, 0.6) is 0 Å². The Morgan fingerprint density at radius 2 is 1.48 bits per heavy atom. The van der Waals surface area contributed by atoms with Crippen LogP contribution in [0.25, 0.3) is 0 Å². The summed E-state index contributed by atoms with van der Waals surface area (Å²) in [5.41, 5.74) is 8.83. The highest BCUT2D eigenvalue weighted by atomic mass is 14.7. The van der Waals surface area contributed by atoms with Crippen molar-refractivity contribution < 1.29 is 0 Å². The van der Waals surface area contributed by atoms with E-state index in [-0.39, 0.29) is 27.1 Å². The summed E-state index contributed by atoms with van der Waals surface area (Å²) in [6.45, 7) is 43.7. The molecule has 0 heterocycles. The molecule has 4 aliphatic rings.